The van der Waals surface area contributed by atoms with Crippen molar-refractivity contribution in [2.45, 2.75) is 39.3 Å². The summed E-state index contributed by atoms with van der Waals surface area (Å²) in [7, 11) is 0. The fourth-order valence-corrected chi connectivity index (χ4v) is 1.75. The Morgan fingerprint density at radius 1 is 1.47 bits per heavy atom. The molecule has 1 aliphatic rings. The predicted molar refractivity (Wildman–Crippen MR) is 73.1 cm³/mol. The summed E-state index contributed by atoms with van der Waals surface area (Å²) >= 11 is 0. The minimum absolute atomic E-state index is 0.00622. The van der Waals surface area contributed by atoms with Crippen LogP contribution in [0.1, 0.15) is 27.7 Å². The highest BCUT2D eigenvalue weighted by molar-refractivity contribution is 5.72. The fourth-order valence-electron chi connectivity index (χ4n) is 1.75. The van der Waals surface area contributed by atoms with Gasteiger partial charge < -0.3 is 14.4 Å². The second-order valence-electron chi connectivity index (χ2n) is 5.65. The molecule has 0 radical (unpaired) electrons. The van der Waals surface area contributed by atoms with Gasteiger partial charge in [0.15, 0.2) is 5.88 Å². The maximum atomic E-state index is 10.9. The van der Waals surface area contributed by atoms with Crippen LogP contribution >= 0.6 is 0 Å². The zero-order valence-electron chi connectivity index (χ0n) is 12.3. The Hall–Kier alpha value is -1.27. The number of hydrogen-bond donors (Lipinski definition) is 2. The van der Waals surface area contributed by atoms with Gasteiger partial charge in [-0.2, -0.15) is 0 Å². The van der Waals surface area contributed by atoms with Crippen molar-refractivity contribution in [3.63, 3.8) is 0 Å². The number of nitrogens with zero attached hydrogens (tertiary/aromatic N) is 1. The van der Waals surface area contributed by atoms with Crippen LogP contribution in [0.15, 0.2) is 12.5 Å². The number of carbonyl (C=O) groups is 1. The average Bonchev–Trinajstić information content (AvgIpc) is 2.49. The molecule has 110 valence electrons. The lowest BCUT2D eigenvalue weighted by Gasteiger charge is -2.32. The summed E-state index contributed by atoms with van der Waals surface area (Å²) in [5.74, 6) is 0.508. The minimum Gasteiger partial charge on any atom is -0.474 e. The van der Waals surface area contributed by atoms with E-state index in [1.54, 1.807) is 0 Å². The lowest BCUT2D eigenvalue weighted by atomic mass is 10.2. The van der Waals surface area contributed by atoms with Gasteiger partial charge in [-0.05, 0) is 27.4 Å². The lowest BCUT2D eigenvalue weighted by molar-refractivity contribution is -0.120. The van der Waals surface area contributed by atoms with E-state index in [2.05, 4.69) is 17.4 Å². The van der Waals surface area contributed by atoms with Gasteiger partial charge in [-0.3, -0.25) is 10.2 Å². The van der Waals surface area contributed by atoms with E-state index in [-0.39, 0.29) is 17.6 Å². The van der Waals surface area contributed by atoms with Gasteiger partial charge in [-0.25, -0.2) is 5.43 Å². The molecular weight excluding hydrogens is 246 g/mol. The third-order valence-corrected chi connectivity index (χ3v) is 2.49. The van der Waals surface area contributed by atoms with Crippen LogP contribution in [0.3, 0.4) is 0 Å². The molecular formula is C13H25N3O3. The largest absolute Gasteiger partial charge is 0.474 e. The third-order valence-electron chi connectivity index (χ3n) is 2.49. The highest BCUT2D eigenvalue weighted by atomic mass is 16.5. The van der Waals surface area contributed by atoms with Crippen LogP contribution in [0.4, 0.5) is 0 Å². The van der Waals surface area contributed by atoms with Gasteiger partial charge in [0, 0.05) is 20.0 Å². The number of rotatable bonds is 4. The maximum absolute atomic E-state index is 10.9. The van der Waals surface area contributed by atoms with Crippen molar-refractivity contribution in [2.75, 3.05) is 26.3 Å². The number of hydrogen-bond acceptors (Lipinski definition) is 5. The molecule has 6 heteroatoms. The molecule has 2 N–H and O–H groups in total. The van der Waals surface area contributed by atoms with E-state index in [1.165, 1.54) is 6.92 Å². The maximum Gasteiger partial charge on any atom is 0.230 e. The third kappa shape index (κ3) is 6.45. The van der Waals surface area contributed by atoms with Crippen LogP contribution in [0.2, 0.25) is 0 Å². The van der Waals surface area contributed by atoms with Crippen molar-refractivity contribution in [3.05, 3.63) is 12.5 Å². The smallest absolute Gasteiger partial charge is 0.230 e. The van der Waals surface area contributed by atoms with Gasteiger partial charge >= 0.3 is 0 Å². The monoisotopic (exact) mass is 271 g/mol. The summed E-state index contributed by atoms with van der Waals surface area (Å²) in [5.41, 5.74) is 5.26. The molecule has 0 aromatic heterocycles. The van der Waals surface area contributed by atoms with Gasteiger partial charge in [0.05, 0.1) is 19.3 Å². The van der Waals surface area contributed by atoms with E-state index < -0.39 is 0 Å². The summed E-state index contributed by atoms with van der Waals surface area (Å²) in [6.45, 7) is 13.9. The van der Waals surface area contributed by atoms with Crippen molar-refractivity contribution in [1.29, 1.82) is 0 Å². The van der Waals surface area contributed by atoms with Gasteiger partial charge in [0.1, 0.15) is 5.60 Å². The first-order valence-electron chi connectivity index (χ1n) is 6.50. The van der Waals surface area contributed by atoms with E-state index in [0.29, 0.717) is 25.6 Å². The lowest BCUT2D eigenvalue weighted by Crippen LogP contribution is -2.50. The Labute approximate surface area is 115 Å². The van der Waals surface area contributed by atoms with Crippen molar-refractivity contribution < 1.29 is 14.3 Å². The van der Waals surface area contributed by atoms with Crippen molar-refractivity contribution in [3.8, 4) is 0 Å². The molecule has 0 spiro atoms. The molecule has 0 aromatic carbocycles. The summed E-state index contributed by atoms with van der Waals surface area (Å²) in [5, 5.41) is 0. The number of carbonyl (C=O) groups excluding carboxylic acids is 1. The van der Waals surface area contributed by atoms with Crippen LogP contribution in [0, 0.1) is 0 Å². The van der Waals surface area contributed by atoms with Crippen LogP contribution in [-0.4, -0.2) is 48.8 Å². The summed E-state index contributed by atoms with van der Waals surface area (Å²) in [6.07, 6.45) is 0. The highest BCUT2D eigenvalue weighted by Crippen LogP contribution is 2.16. The molecule has 1 heterocycles. The van der Waals surface area contributed by atoms with Crippen LogP contribution in [0.25, 0.3) is 0 Å². The quantitative estimate of drug-likeness (QED) is 0.579. The molecule has 0 saturated carbocycles. The topological polar surface area (TPSA) is 62.8 Å². The molecule has 1 unspecified atom stereocenters. The molecule has 1 saturated heterocycles. The Bertz CT molecular complexity index is 326. The summed E-state index contributed by atoms with van der Waals surface area (Å²) in [6, 6.07) is 0.00622. The number of nitrogens with one attached hydrogen (secondary N) is 2. The van der Waals surface area contributed by atoms with E-state index in [4.69, 9.17) is 9.47 Å². The standard InChI is InChI=1S/C13H25N3O3/c1-10(17)14-15-12-8-16(6-7-18-9-12)11(2)19-13(3,4)5/h12,15H,2,6-9H2,1,3-5H3,(H,14,17). The first-order chi connectivity index (χ1) is 8.78. The molecule has 0 aliphatic carbocycles. The van der Waals surface area contributed by atoms with Gasteiger partial charge in [-0.1, -0.05) is 0 Å². The first kappa shape index (κ1) is 15.8. The Morgan fingerprint density at radius 3 is 2.74 bits per heavy atom. The Kier molecular flexibility index (Phi) is 5.62. The fraction of sp³-hybridized carbons (Fsp3) is 0.769. The van der Waals surface area contributed by atoms with Crippen molar-refractivity contribution in [1.82, 2.24) is 15.8 Å². The van der Waals surface area contributed by atoms with Crippen LogP contribution in [-0.2, 0) is 14.3 Å². The molecule has 6 nitrogen and oxygen atoms in total. The highest BCUT2D eigenvalue weighted by Gasteiger charge is 2.23. The summed E-state index contributed by atoms with van der Waals surface area (Å²) < 4.78 is 11.3. The van der Waals surface area contributed by atoms with Crippen LogP contribution in [0.5, 0.6) is 0 Å². The van der Waals surface area contributed by atoms with Crippen molar-refractivity contribution >= 4 is 5.91 Å². The first-order valence-corrected chi connectivity index (χ1v) is 6.50. The normalized spacial score (nSPS) is 20.6. The molecule has 1 fully saturated rings. The van der Waals surface area contributed by atoms with E-state index >= 15 is 0 Å². The molecule has 19 heavy (non-hydrogen) atoms. The van der Waals surface area contributed by atoms with Crippen LogP contribution < -0.4 is 10.9 Å². The minimum atomic E-state index is -0.273. The number of hydrazine groups is 1. The molecule has 1 rings (SSSR count). The zero-order valence-corrected chi connectivity index (χ0v) is 12.3. The number of amides is 1. The van der Waals surface area contributed by atoms with Gasteiger partial charge in [0.2, 0.25) is 5.91 Å². The second-order valence-corrected chi connectivity index (χ2v) is 5.65. The molecule has 1 aliphatic heterocycles. The van der Waals surface area contributed by atoms with Gasteiger partial charge in [-0.15, -0.1) is 0 Å². The van der Waals surface area contributed by atoms with E-state index in [0.717, 1.165) is 6.54 Å². The average molecular weight is 271 g/mol. The zero-order chi connectivity index (χ0) is 14.5. The van der Waals surface area contributed by atoms with Crippen molar-refractivity contribution in [2.24, 2.45) is 0 Å². The van der Waals surface area contributed by atoms with E-state index in [9.17, 15) is 4.79 Å². The molecule has 0 bridgehead atoms. The SMILES string of the molecule is C=C(OC(C)(C)C)N1CCOCC(NNC(C)=O)C1. The Balaban J connectivity index is 2.52. The summed E-state index contributed by atoms with van der Waals surface area (Å²) in [4.78, 5) is 12.9. The second kappa shape index (κ2) is 6.77. The Morgan fingerprint density at radius 2 is 2.16 bits per heavy atom. The number of ether oxygens (including phenoxy) is 2. The molecule has 1 atom stereocenters. The molecule has 0 aromatic rings. The molecule has 1 amide bonds. The predicted octanol–water partition coefficient (Wildman–Crippen LogP) is 0.614. The van der Waals surface area contributed by atoms with Gasteiger partial charge in [0.25, 0.3) is 0 Å². The van der Waals surface area contributed by atoms with E-state index in [1.807, 2.05) is 25.7 Å².